The van der Waals surface area contributed by atoms with Gasteiger partial charge in [0.2, 0.25) is 0 Å². The van der Waals surface area contributed by atoms with Gasteiger partial charge in [0.25, 0.3) is 11.9 Å². The number of pyridine rings is 1. The van der Waals surface area contributed by atoms with Crippen molar-refractivity contribution >= 4 is 15.7 Å². The molecule has 1 aliphatic carbocycles. The smallest absolute Gasteiger partial charge is 0.328 e. The Bertz CT molecular complexity index is 1310. The van der Waals surface area contributed by atoms with Crippen LogP contribution >= 0.6 is 0 Å². The van der Waals surface area contributed by atoms with Crippen molar-refractivity contribution in [1.82, 2.24) is 34.6 Å². The molecule has 1 amide bonds. The van der Waals surface area contributed by atoms with Gasteiger partial charge in [-0.05, 0) is 43.9 Å². The van der Waals surface area contributed by atoms with E-state index >= 15 is 0 Å². The minimum atomic E-state index is -4.94. The Balaban J connectivity index is 1.76. The summed E-state index contributed by atoms with van der Waals surface area (Å²) in [5.41, 5.74) is -1.89. The normalized spacial score (nSPS) is 15.2. The Morgan fingerprint density at radius 1 is 1.21 bits per heavy atom. The van der Waals surface area contributed by atoms with Gasteiger partial charge in [-0.25, -0.2) is 28.4 Å². The maximum absolute atomic E-state index is 13.5. The summed E-state index contributed by atoms with van der Waals surface area (Å²) in [5.74, 6) is -0.0910. The van der Waals surface area contributed by atoms with E-state index in [0.717, 1.165) is 25.2 Å². The van der Waals surface area contributed by atoms with Crippen LogP contribution < -0.4 is 0 Å². The fourth-order valence-corrected chi connectivity index (χ4v) is 3.96. The summed E-state index contributed by atoms with van der Waals surface area (Å²) in [6, 6.07) is 2.32. The number of rotatable bonds is 7. The van der Waals surface area contributed by atoms with Gasteiger partial charge in [-0.15, -0.1) is 0 Å². The van der Waals surface area contributed by atoms with Crippen molar-refractivity contribution in [2.75, 3.05) is 12.8 Å². The molecule has 10 nitrogen and oxygen atoms in total. The van der Waals surface area contributed by atoms with Crippen LogP contribution in [0.15, 0.2) is 41.9 Å². The standard InChI is InChI=1S/C20H20F3N7O3S/c1-12(17-26-11-27-30(17)19-24-6-3-7-25-19)29(10-13-4-5-13)18(31)14-8-15(20(21,22)23)28-16(9-14)34(2,32)33/h3,6-9,11-13H,4-5,10H2,1-2H3. The predicted octanol–water partition coefficient (Wildman–Crippen LogP) is 2.49. The predicted molar refractivity (Wildman–Crippen MR) is 111 cm³/mol. The number of aromatic nitrogens is 6. The molecule has 3 aromatic rings. The van der Waals surface area contributed by atoms with Gasteiger partial charge in [0, 0.05) is 30.8 Å². The van der Waals surface area contributed by atoms with Gasteiger partial charge in [-0.3, -0.25) is 4.79 Å². The molecule has 0 aromatic carbocycles. The van der Waals surface area contributed by atoms with Gasteiger partial charge in [0.15, 0.2) is 20.7 Å². The second kappa shape index (κ2) is 8.74. The highest BCUT2D eigenvalue weighted by molar-refractivity contribution is 7.90. The van der Waals surface area contributed by atoms with E-state index < -0.39 is 44.2 Å². The van der Waals surface area contributed by atoms with Crippen molar-refractivity contribution in [2.24, 2.45) is 5.92 Å². The molecule has 0 N–H and O–H groups in total. The highest BCUT2D eigenvalue weighted by atomic mass is 32.2. The van der Waals surface area contributed by atoms with E-state index in [9.17, 15) is 26.4 Å². The minimum Gasteiger partial charge on any atom is -0.328 e. The molecule has 4 rings (SSSR count). The van der Waals surface area contributed by atoms with Crippen molar-refractivity contribution in [3.05, 3.63) is 54.0 Å². The van der Waals surface area contributed by atoms with E-state index in [2.05, 4.69) is 25.0 Å². The summed E-state index contributed by atoms with van der Waals surface area (Å²) in [6.45, 7) is 1.91. The largest absolute Gasteiger partial charge is 0.433 e. The van der Waals surface area contributed by atoms with Crippen LogP contribution in [0.25, 0.3) is 5.95 Å². The van der Waals surface area contributed by atoms with Gasteiger partial charge in [-0.1, -0.05) is 0 Å². The number of sulfone groups is 1. The first-order chi connectivity index (χ1) is 15.9. The average Bonchev–Trinajstić information content (AvgIpc) is 3.48. The average molecular weight is 495 g/mol. The Morgan fingerprint density at radius 2 is 1.88 bits per heavy atom. The first-order valence-corrected chi connectivity index (χ1v) is 12.1. The quantitative estimate of drug-likeness (QED) is 0.490. The van der Waals surface area contributed by atoms with Crippen molar-refractivity contribution in [2.45, 2.75) is 37.0 Å². The maximum Gasteiger partial charge on any atom is 0.433 e. The van der Waals surface area contributed by atoms with Crippen LogP contribution in [0.4, 0.5) is 13.2 Å². The summed E-state index contributed by atoms with van der Waals surface area (Å²) in [4.78, 5) is 30.5. The molecule has 0 spiro atoms. The van der Waals surface area contributed by atoms with E-state index in [1.807, 2.05) is 0 Å². The first-order valence-electron chi connectivity index (χ1n) is 10.2. The van der Waals surface area contributed by atoms with Crippen LogP contribution in [0.1, 0.15) is 47.7 Å². The molecule has 1 atom stereocenters. The fraction of sp³-hybridized carbons (Fsp3) is 0.400. The number of amides is 1. The van der Waals surface area contributed by atoms with Crippen molar-refractivity contribution in [3.8, 4) is 5.95 Å². The Kier molecular flexibility index (Phi) is 6.10. The summed E-state index contributed by atoms with van der Waals surface area (Å²) < 4.78 is 65.6. The van der Waals surface area contributed by atoms with Crippen LogP contribution in [0.3, 0.4) is 0 Å². The molecule has 0 saturated heterocycles. The summed E-state index contributed by atoms with van der Waals surface area (Å²) >= 11 is 0. The molecule has 180 valence electrons. The van der Waals surface area contributed by atoms with Gasteiger partial charge >= 0.3 is 6.18 Å². The van der Waals surface area contributed by atoms with Crippen LogP contribution in [0, 0.1) is 5.92 Å². The number of alkyl halides is 3. The minimum absolute atomic E-state index is 0.175. The second-order valence-electron chi connectivity index (χ2n) is 8.00. The zero-order valence-corrected chi connectivity index (χ0v) is 19.0. The molecule has 14 heteroatoms. The number of hydrogen-bond donors (Lipinski definition) is 0. The molecule has 0 aliphatic heterocycles. The van der Waals surface area contributed by atoms with Gasteiger partial charge in [-0.2, -0.15) is 23.0 Å². The lowest BCUT2D eigenvalue weighted by atomic mass is 10.1. The molecule has 1 unspecified atom stereocenters. The van der Waals surface area contributed by atoms with Crippen LogP contribution in [-0.2, 0) is 16.0 Å². The number of hydrogen-bond acceptors (Lipinski definition) is 8. The van der Waals surface area contributed by atoms with Crippen molar-refractivity contribution < 1.29 is 26.4 Å². The summed E-state index contributed by atoms with van der Waals surface area (Å²) in [6.07, 6.45) is 1.80. The zero-order valence-electron chi connectivity index (χ0n) is 18.1. The van der Waals surface area contributed by atoms with E-state index in [1.165, 1.54) is 28.3 Å². The summed E-state index contributed by atoms with van der Waals surface area (Å²) in [5, 5.41) is 3.29. The highest BCUT2D eigenvalue weighted by Crippen LogP contribution is 2.35. The second-order valence-corrected chi connectivity index (χ2v) is 9.97. The first kappa shape index (κ1) is 23.7. The topological polar surface area (TPSA) is 124 Å². The molecular formula is C20H20F3N7O3S. The molecular weight excluding hydrogens is 475 g/mol. The van der Waals surface area contributed by atoms with Gasteiger partial charge in [0.05, 0.1) is 6.04 Å². The number of nitrogens with zero attached hydrogens (tertiary/aromatic N) is 7. The molecule has 0 radical (unpaired) electrons. The van der Waals surface area contributed by atoms with Crippen molar-refractivity contribution in [1.29, 1.82) is 0 Å². The Hall–Kier alpha value is -3.42. The Labute approximate surface area is 192 Å². The monoisotopic (exact) mass is 495 g/mol. The van der Waals surface area contributed by atoms with Gasteiger partial charge < -0.3 is 4.90 Å². The molecule has 3 aromatic heterocycles. The van der Waals surface area contributed by atoms with E-state index in [4.69, 9.17) is 0 Å². The Morgan fingerprint density at radius 3 is 2.47 bits per heavy atom. The zero-order chi connectivity index (χ0) is 24.7. The lowest BCUT2D eigenvalue weighted by Crippen LogP contribution is -2.37. The third-order valence-electron chi connectivity index (χ3n) is 5.29. The third-order valence-corrected chi connectivity index (χ3v) is 6.26. The molecule has 0 bridgehead atoms. The van der Waals surface area contributed by atoms with Crippen LogP contribution in [0.5, 0.6) is 0 Å². The van der Waals surface area contributed by atoms with E-state index in [-0.39, 0.29) is 18.4 Å². The van der Waals surface area contributed by atoms with Crippen molar-refractivity contribution in [3.63, 3.8) is 0 Å². The molecule has 3 heterocycles. The number of halogens is 3. The maximum atomic E-state index is 13.5. The molecule has 1 aliphatic rings. The number of carbonyl (C=O) groups is 1. The summed E-state index contributed by atoms with van der Waals surface area (Å²) in [7, 11) is -4.11. The van der Waals surface area contributed by atoms with Gasteiger partial charge in [0.1, 0.15) is 12.0 Å². The highest BCUT2D eigenvalue weighted by Gasteiger charge is 2.37. The van der Waals surface area contributed by atoms with Crippen LogP contribution in [0.2, 0.25) is 0 Å². The van der Waals surface area contributed by atoms with E-state index in [0.29, 0.717) is 11.9 Å². The molecule has 34 heavy (non-hydrogen) atoms. The third kappa shape index (κ3) is 5.05. The number of carbonyl (C=O) groups excluding carboxylic acids is 1. The lowest BCUT2D eigenvalue weighted by Gasteiger charge is -2.29. The van der Waals surface area contributed by atoms with Crippen LogP contribution in [-0.4, -0.2) is 61.7 Å². The molecule has 1 saturated carbocycles. The fourth-order valence-electron chi connectivity index (χ4n) is 3.35. The van der Waals surface area contributed by atoms with E-state index in [1.54, 1.807) is 13.0 Å². The lowest BCUT2D eigenvalue weighted by molar-refractivity contribution is -0.141. The SMILES string of the molecule is CC(c1ncnn1-c1ncccn1)N(CC1CC1)C(=O)c1cc(C(F)(F)F)nc(S(C)(=O)=O)c1. The molecule has 1 fully saturated rings.